The molecule has 0 radical (unpaired) electrons. The van der Waals surface area contributed by atoms with Crippen LogP contribution in [0.15, 0.2) is 30.3 Å². The van der Waals surface area contributed by atoms with E-state index in [0.717, 1.165) is 24.3 Å². The molecule has 1 amide bonds. The van der Waals surface area contributed by atoms with E-state index in [0.29, 0.717) is 0 Å². The molecule has 0 fully saturated rings. The maximum atomic E-state index is 11.6. The molecule has 0 saturated carbocycles. The molecule has 0 atom stereocenters. The number of ether oxygens (including phenoxy) is 1. The molecule has 1 N–H and O–H groups in total. The van der Waals surface area contributed by atoms with Crippen LogP contribution in [0.2, 0.25) is 0 Å². The molecule has 0 aliphatic heterocycles. The van der Waals surface area contributed by atoms with Gasteiger partial charge in [0.2, 0.25) is 5.91 Å². The number of hydrogen-bond acceptors (Lipinski definition) is 2. The van der Waals surface area contributed by atoms with Crippen molar-refractivity contribution in [2.45, 2.75) is 39.7 Å². The lowest BCUT2D eigenvalue weighted by molar-refractivity contribution is -0.117. The van der Waals surface area contributed by atoms with E-state index in [1.807, 2.05) is 45.0 Å². The van der Waals surface area contributed by atoms with E-state index in [2.05, 4.69) is 12.2 Å². The molecular weight excluding hydrogens is 238 g/mol. The predicted octanol–water partition coefficient (Wildman–Crippen LogP) is 3.40. The maximum Gasteiger partial charge on any atom is 0.244 e. The van der Waals surface area contributed by atoms with Crippen LogP contribution in [-0.4, -0.2) is 18.1 Å². The van der Waals surface area contributed by atoms with Gasteiger partial charge in [0.1, 0.15) is 5.75 Å². The second-order valence-corrected chi connectivity index (χ2v) is 5.49. The van der Waals surface area contributed by atoms with Crippen LogP contribution in [0.25, 0.3) is 6.08 Å². The van der Waals surface area contributed by atoms with Crippen molar-refractivity contribution in [3.8, 4) is 5.75 Å². The van der Waals surface area contributed by atoms with Crippen molar-refractivity contribution in [2.24, 2.45) is 0 Å². The Hall–Kier alpha value is -1.77. The lowest BCUT2D eigenvalue weighted by Crippen LogP contribution is -2.39. The van der Waals surface area contributed by atoms with Crippen molar-refractivity contribution in [1.82, 2.24) is 5.32 Å². The van der Waals surface area contributed by atoms with Crippen LogP contribution in [0.1, 0.15) is 39.7 Å². The van der Waals surface area contributed by atoms with Crippen molar-refractivity contribution in [3.05, 3.63) is 35.9 Å². The molecule has 0 aromatic heterocycles. The smallest absolute Gasteiger partial charge is 0.244 e. The van der Waals surface area contributed by atoms with Gasteiger partial charge in [-0.1, -0.05) is 19.1 Å². The molecule has 1 rings (SSSR count). The predicted molar refractivity (Wildman–Crippen MR) is 79.2 cm³/mol. The number of carbonyl (C=O) groups excluding carboxylic acids is 1. The zero-order valence-corrected chi connectivity index (χ0v) is 12.2. The molecular formula is C16H23NO2. The van der Waals surface area contributed by atoms with Crippen molar-refractivity contribution in [3.63, 3.8) is 0 Å². The molecule has 0 unspecified atom stereocenters. The minimum Gasteiger partial charge on any atom is -0.494 e. The fourth-order valence-electron chi connectivity index (χ4n) is 1.48. The van der Waals surface area contributed by atoms with Crippen LogP contribution in [0, 0.1) is 0 Å². The summed E-state index contributed by atoms with van der Waals surface area (Å²) >= 11 is 0. The summed E-state index contributed by atoms with van der Waals surface area (Å²) in [6, 6.07) is 7.70. The number of nitrogens with one attached hydrogen (secondary N) is 1. The Morgan fingerprint density at radius 1 is 1.26 bits per heavy atom. The van der Waals surface area contributed by atoms with Crippen molar-refractivity contribution in [1.29, 1.82) is 0 Å². The third kappa shape index (κ3) is 6.65. The van der Waals surface area contributed by atoms with Crippen LogP contribution in [-0.2, 0) is 4.79 Å². The second kappa shape index (κ2) is 6.98. The first-order chi connectivity index (χ1) is 8.90. The third-order valence-electron chi connectivity index (χ3n) is 2.28. The summed E-state index contributed by atoms with van der Waals surface area (Å²) in [6.07, 6.45) is 4.34. The van der Waals surface area contributed by atoms with Gasteiger partial charge in [-0.3, -0.25) is 4.79 Å². The van der Waals surface area contributed by atoms with Gasteiger partial charge >= 0.3 is 0 Å². The van der Waals surface area contributed by atoms with E-state index in [9.17, 15) is 4.79 Å². The molecule has 0 aliphatic rings. The highest BCUT2D eigenvalue weighted by atomic mass is 16.5. The Morgan fingerprint density at radius 3 is 2.42 bits per heavy atom. The number of carbonyl (C=O) groups is 1. The highest BCUT2D eigenvalue weighted by Crippen LogP contribution is 2.13. The number of hydrogen-bond donors (Lipinski definition) is 1. The maximum absolute atomic E-state index is 11.6. The highest BCUT2D eigenvalue weighted by Gasteiger charge is 2.10. The minimum atomic E-state index is -0.209. The van der Waals surface area contributed by atoms with Gasteiger partial charge in [0.25, 0.3) is 0 Å². The summed E-state index contributed by atoms with van der Waals surface area (Å²) in [4.78, 5) is 11.6. The van der Waals surface area contributed by atoms with E-state index >= 15 is 0 Å². The van der Waals surface area contributed by atoms with Crippen molar-refractivity contribution in [2.75, 3.05) is 6.61 Å². The first-order valence-electron chi connectivity index (χ1n) is 6.64. The van der Waals surface area contributed by atoms with E-state index < -0.39 is 0 Å². The van der Waals surface area contributed by atoms with Gasteiger partial charge in [0.05, 0.1) is 6.61 Å². The molecule has 19 heavy (non-hydrogen) atoms. The number of benzene rings is 1. The molecule has 1 aromatic rings. The van der Waals surface area contributed by atoms with E-state index in [1.54, 1.807) is 12.2 Å². The molecule has 3 heteroatoms. The first-order valence-corrected chi connectivity index (χ1v) is 6.64. The topological polar surface area (TPSA) is 38.3 Å². The highest BCUT2D eigenvalue weighted by molar-refractivity contribution is 5.92. The molecule has 0 saturated heterocycles. The van der Waals surface area contributed by atoms with Gasteiger partial charge < -0.3 is 10.1 Å². The molecule has 3 nitrogen and oxygen atoms in total. The lowest BCUT2D eigenvalue weighted by Gasteiger charge is -2.18. The Labute approximate surface area is 115 Å². The number of amides is 1. The molecule has 0 aliphatic carbocycles. The van der Waals surface area contributed by atoms with Crippen LogP contribution in [0.4, 0.5) is 0 Å². The van der Waals surface area contributed by atoms with Crippen LogP contribution in [0.5, 0.6) is 5.75 Å². The largest absolute Gasteiger partial charge is 0.494 e. The normalized spacial score (nSPS) is 11.6. The van der Waals surface area contributed by atoms with Gasteiger partial charge in [0, 0.05) is 11.6 Å². The summed E-state index contributed by atoms with van der Waals surface area (Å²) in [5.41, 5.74) is 0.770. The van der Waals surface area contributed by atoms with Crippen molar-refractivity contribution < 1.29 is 9.53 Å². The fraction of sp³-hybridized carbons (Fsp3) is 0.438. The minimum absolute atomic E-state index is 0.0844. The van der Waals surface area contributed by atoms with Crippen LogP contribution >= 0.6 is 0 Å². The lowest BCUT2D eigenvalue weighted by atomic mass is 10.1. The average molecular weight is 261 g/mol. The Morgan fingerprint density at radius 2 is 1.89 bits per heavy atom. The standard InChI is InChI=1S/C16H23NO2/c1-5-12-19-14-9-6-13(7-10-14)8-11-15(18)17-16(2,3)4/h6-11H,5,12H2,1-4H3,(H,17,18). The summed E-state index contributed by atoms with van der Waals surface area (Å²) in [7, 11) is 0. The second-order valence-electron chi connectivity index (χ2n) is 5.49. The van der Waals surface area contributed by atoms with Gasteiger partial charge in [-0.25, -0.2) is 0 Å². The Balaban J connectivity index is 2.55. The van der Waals surface area contributed by atoms with Gasteiger partial charge in [-0.05, 0) is 51.0 Å². The molecule has 1 aromatic carbocycles. The van der Waals surface area contributed by atoms with Crippen LogP contribution < -0.4 is 10.1 Å². The van der Waals surface area contributed by atoms with Crippen molar-refractivity contribution >= 4 is 12.0 Å². The van der Waals surface area contributed by atoms with E-state index in [-0.39, 0.29) is 11.4 Å². The van der Waals surface area contributed by atoms with Gasteiger partial charge in [-0.15, -0.1) is 0 Å². The molecule has 0 spiro atoms. The third-order valence-corrected chi connectivity index (χ3v) is 2.28. The quantitative estimate of drug-likeness (QED) is 0.825. The summed E-state index contributed by atoms with van der Waals surface area (Å²) in [5, 5.41) is 2.88. The monoisotopic (exact) mass is 261 g/mol. The van der Waals surface area contributed by atoms with Crippen LogP contribution in [0.3, 0.4) is 0 Å². The molecule has 104 valence electrons. The zero-order chi connectivity index (χ0) is 14.3. The summed E-state index contributed by atoms with van der Waals surface area (Å²) in [5.74, 6) is 0.775. The fourth-order valence-corrected chi connectivity index (χ4v) is 1.48. The number of rotatable bonds is 5. The first kappa shape index (κ1) is 15.3. The van der Waals surface area contributed by atoms with E-state index in [1.165, 1.54) is 0 Å². The Bertz CT molecular complexity index is 427. The summed E-state index contributed by atoms with van der Waals surface area (Å²) < 4.78 is 5.50. The van der Waals surface area contributed by atoms with Gasteiger partial charge in [-0.2, -0.15) is 0 Å². The van der Waals surface area contributed by atoms with Gasteiger partial charge in [0.15, 0.2) is 0 Å². The molecule has 0 bridgehead atoms. The van der Waals surface area contributed by atoms with E-state index in [4.69, 9.17) is 4.74 Å². The zero-order valence-electron chi connectivity index (χ0n) is 12.2. The Kier molecular flexibility index (Phi) is 5.61. The average Bonchev–Trinajstić information content (AvgIpc) is 2.33. The SMILES string of the molecule is CCCOc1ccc(C=CC(=O)NC(C)(C)C)cc1. The summed E-state index contributed by atoms with van der Waals surface area (Å²) in [6.45, 7) is 8.67. The molecule has 0 heterocycles.